The quantitative estimate of drug-likeness (QED) is 0.128. The number of ether oxygens (including phenoxy) is 3. The van der Waals surface area contributed by atoms with Gasteiger partial charge >= 0.3 is 5.97 Å². The fraction of sp³-hybridized carbons (Fsp3) is 0.286. The molecule has 0 spiro atoms. The van der Waals surface area contributed by atoms with Gasteiger partial charge in [-0.05, 0) is 67.6 Å². The molecule has 4 heterocycles. The Bertz CT molecular complexity index is 1960. The first-order valence-electron chi connectivity index (χ1n) is 15.4. The number of benzene rings is 3. The monoisotopic (exact) mass is 656 g/mol. The smallest absolute Gasteiger partial charge is 0.337 e. The molecule has 7 rings (SSSR count). The first kappa shape index (κ1) is 30.9. The van der Waals surface area contributed by atoms with Crippen molar-refractivity contribution in [3.63, 3.8) is 0 Å². The minimum Gasteiger partial charge on any atom is -0.487 e. The second-order valence-corrected chi connectivity index (χ2v) is 12.8. The summed E-state index contributed by atoms with van der Waals surface area (Å²) in [7, 11) is 0. The SMILES string of the molecule is C[C@]1(CC(=O)Nc2nccs2)NCCc2cc(OCC3CCCO3)c(Oc3ccc(-c4c[nH]c5c(C(=O)O)cccc45)c(F)c3)cc21. The molecule has 242 valence electrons. The third kappa shape index (κ3) is 6.31. The first-order valence-corrected chi connectivity index (χ1v) is 16.3. The molecule has 3 aromatic carbocycles. The fourth-order valence-electron chi connectivity index (χ4n) is 6.43. The second-order valence-electron chi connectivity index (χ2n) is 12.0. The van der Waals surface area contributed by atoms with Crippen LogP contribution >= 0.6 is 11.3 Å². The lowest BCUT2D eigenvalue weighted by atomic mass is 9.81. The lowest BCUT2D eigenvalue weighted by Crippen LogP contribution is -2.47. The molecule has 47 heavy (non-hydrogen) atoms. The number of nitrogens with zero attached hydrogens (tertiary/aromatic N) is 1. The maximum atomic E-state index is 15.7. The first-order chi connectivity index (χ1) is 22.8. The third-order valence-electron chi connectivity index (χ3n) is 8.72. The molecule has 1 unspecified atom stereocenters. The number of H-pyrrole nitrogens is 1. The summed E-state index contributed by atoms with van der Waals surface area (Å²) in [4.78, 5) is 31.9. The summed E-state index contributed by atoms with van der Waals surface area (Å²) in [5.74, 6) is -0.613. The number of nitrogens with one attached hydrogen (secondary N) is 3. The number of rotatable bonds is 10. The number of anilines is 1. The van der Waals surface area contributed by atoms with Crippen molar-refractivity contribution in [2.75, 3.05) is 25.1 Å². The molecule has 5 aromatic rings. The van der Waals surface area contributed by atoms with Crippen LogP contribution in [0.4, 0.5) is 9.52 Å². The second kappa shape index (κ2) is 12.8. The Morgan fingerprint density at radius 3 is 2.85 bits per heavy atom. The molecule has 2 aromatic heterocycles. The van der Waals surface area contributed by atoms with Crippen LogP contribution in [0.25, 0.3) is 22.0 Å². The van der Waals surface area contributed by atoms with Crippen molar-refractivity contribution in [1.82, 2.24) is 15.3 Å². The van der Waals surface area contributed by atoms with E-state index in [-0.39, 0.29) is 29.7 Å². The zero-order valence-corrected chi connectivity index (χ0v) is 26.4. The van der Waals surface area contributed by atoms with Gasteiger partial charge in [0, 0.05) is 65.5 Å². The van der Waals surface area contributed by atoms with Gasteiger partial charge in [0.1, 0.15) is 18.2 Å². The van der Waals surface area contributed by atoms with E-state index in [4.69, 9.17) is 14.2 Å². The van der Waals surface area contributed by atoms with E-state index in [0.717, 1.165) is 30.4 Å². The maximum absolute atomic E-state index is 15.7. The number of carboxylic acid groups (broad SMARTS) is 1. The van der Waals surface area contributed by atoms with E-state index in [2.05, 4.69) is 20.6 Å². The van der Waals surface area contributed by atoms with Gasteiger partial charge in [0.2, 0.25) is 5.91 Å². The van der Waals surface area contributed by atoms with Gasteiger partial charge in [0.05, 0.1) is 17.2 Å². The standard InChI is InChI=1S/C35H33FN4O6S/c1-35(17-31(41)40-34-37-11-13-47-34)27-16-30(29(14-20(27)9-10-39-35)45-19-22-4-3-12-44-22)46-21-7-8-23(28(36)15-21)26-18-38-32-24(26)5-2-6-25(32)33(42)43/h2,5-8,11,13-16,18,22,38-39H,3-4,9-10,12,17,19H2,1H3,(H,42,43)(H,37,40,41)/t22?,35-/m1/s1. The molecule has 0 aliphatic carbocycles. The molecule has 2 atom stereocenters. The number of thiazole rings is 1. The molecule has 2 aliphatic rings. The molecular weight excluding hydrogens is 623 g/mol. The number of carboxylic acids is 1. The van der Waals surface area contributed by atoms with Crippen LogP contribution in [0.3, 0.4) is 0 Å². The minimum absolute atomic E-state index is 0.0186. The van der Waals surface area contributed by atoms with E-state index in [0.29, 0.717) is 58.4 Å². The van der Waals surface area contributed by atoms with E-state index in [1.807, 2.05) is 19.1 Å². The summed E-state index contributed by atoms with van der Waals surface area (Å²) in [6.45, 7) is 3.71. The summed E-state index contributed by atoms with van der Waals surface area (Å²) in [6, 6.07) is 13.3. The molecule has 4 N–H and O–H groups in total. The summed E-state index contributed by atoms with van der Waals surface area (Å²) >= 11 is 1.36. The zero-order valence-electron chi connectivity index (χ0n) is 25.6. The van der Waals surface area contributed by atoms with Gasteiger partial charge in [-0.25, -0.2) is 14.2 Å². The van der Waals surface area contributed by atoms with Crippen molar-refractivity contribution in [1.29, 1.82) is 0 Å². The molecule has 1 amide bonds. The van der Waals surface area contributed by atoms with Crippen LogP contribution in [-0.2, 0) is 21.5 Å². The van der Waals surface area contributed by atoms with Crippen LogP contribution in [0.1, 0.15) is 47.7 Å². The number of hydrogen-bond acceptors (Lipinski definition) is 8. The van der Waals surface area contributed by atoms with Gasteiger partial charge in [-0.15, -0.1) is 11.3 Å². The molecule has 10 nitrogen and oxygen atoms in total. The lowest BCUT2D eigenvalue weighted by molar-refractivity contribution is -0.117. The van der Waals surface area contributed by atoms with Crippen molar-refractivity contribution in [2.24, 2.45) is 0 Å². The summed E-state index contributed by atoms with van der Waals surface area (Å²) in [5, 5.41) is 18.9. The van der Waals surface area contributed by atoms with Crippen molar-refractivity contribution >= 4 is 39.2 Å². The Morgan fingerprint density at radius 1 is 1.19 bits per heavy atom. The summed E-state index contributed by atoms with van der Waals surface area (Å²) < 4.78 is 34.1. The van der Waals surface area contributed by atoms with Gasteiger partial charge in [0.25, 0.3) is 0 Å². The number of aromatic nitrogens is 2. The van der Waals surface area contributed by atoms with Crippen LogP contribution in [0.5, 0.6) is 17.2 Å². The van der Waals surface area contributed by atoms with Crippen LogP contribution in [0.2, 0.25) is 0 Å². The Morgan fingerprint density at radius 2 is 2.09 bits per heavy atom. The molecule has 1 saturated heterocycles. The molecule has 0 radical (unpaired) electrons. The zero-order chi connectivity index (χ0) is 32.5. The number of halogens is 1. The van der Waals surface area contributed by atoms with Crippen molar-refractivity contribution < 1.29 is 33.3 Å². The topological polar surface area (TPSA) is 135 Å². The molecule has 1 fully saturated rings. The average Bonchev–Trinajstić information content (AvgIpc) is 3.83. The fourth-order valence-corrected chi connectivity index (χ4v) is 6.97. The average molecular weight is 657 g/mol. The van der Waals surface area contributed by atoms with E-state index in [9.17, 15) is 14.7 Å². The van der Waals surface area contributed by atoms with Crippen molar-refractivity contribution in [3.8, 4) is 28.4 Å². The number of carbonyl (C=O) groups is 2. The normalized spacial score (nSPS) is 19.0. The predicted molar refractivity (Wildman–Crippen MR) is 176 cm³/mol. The highest BCUT2D eigenvalue weighted by molar-refractivity contribution is 7.13. The highest BCUT2D eigenvalue weighted by atomic mass is 32.1. The number of para-hydroxylation sites is 1. The van der Waals surface area contributed by atoms with Crippen LogP contribution in [0, 0.1) is 5.82 Å². The van der Waals surface area contributed by atoms with E-state index in [1.54, 1.807) is 42.0 Å². The largest absolute Gasteiger partial charge is 0.487 e. The van der Waals surface area contributed by atoms with E-state index >= 15 is 4.39 Å². The van der Waals surface area contributed by atoms with Crippen molar-refractivity contribution in [3.05, 3.63) is 88.8 Å². The Kier molecular flexibility index (Phi) is 8.39. The van der Waals surface area contributed by atoms with Crippen LogP contribution in [-0.4, -0.2) is 52.8 Å². The van der Waals surface area contributed by atoms with E-state index in [1.165, 1.54) is 23.5 Å². The van der Waals surface area contributed by atoms with Crippen LogP contribution < -0.4 is 20.1 Å². The number of aromatic amines is 1. The number of carbonyl (C=O) groups excluding carboxylic acids is 1. The Balaban J connectivity index is 1.20. The predicted octanol–water partition coefficient (Wildman–Crippen LogP) is 6.87. The highest BCUT2D eigenvalue weighted by Gasteiger charge is 2.36. The highest BCUT2D eigenvalue weighted by Crippen LogP contribution is 2.42. The summed E-state index contributed by atoms with van der Waals surface area (Å²) in [6.07, 6.45) is 6.01. The number of aromatic carboxylic acids is 1. The molecule has 0 bridgehead atoms. The van der Waals surface area contributed by atoms with Gasteiger partial charge in [0.15, 0.2) is 16.6 Å². The minimum atomic E-state index is -1.07. The van der Waals surface area contributed by atoms with Crippen molar-refractivity contribution in [2.45, 2.75) is 44.2 Å². The molecule has 2 aliphatic heterocycles. The maximum Gasteiger partial charge on any atom is 0.337 e. The number of fused-ring (bicyclic) bond motifs is 2. The molecule has 0 saturated carbocycles. The van der Waals surface area contributed by atoms with E-state index < -0.39 is 17.3 Å². The Hall–Kier alpha value is -4.78. The van der Waals surface area contributed by atoms with Gasteiger partial charge < -0.3 is 34.9 Å². The third-order valence-corrected chi connectivity index (χ3v) is 9.41. The van der Waals surface area contributed by atoms with Crippen LogP contribution in [0.15, 0.2) is 66.3 Å². The summed E-state index contributed by atoms with van der Waals surface area (Å²) in [5.41, 5.74) is 2.59. The number of amides is 1. The van der Waals surface area contributed by atoms with Gasteiger partial charge in [-0.1, -0.05) is 12.1 Å². The Labute approximate surface area is 273 Å². The van der Waals surface area contributed by atoms with Gasteiger partial charge in [-0.3, -0.25) is 4.79 Å². The lowest BCUT2D eigenvalue weighted by Gasteiger charge is -2.37. The number of hydrogen-bond donors (Lipinski definition) is 4. The van der Waals surface area contributed by atoms with Gasteiger partial charge in [-0.2, -0.15) is 0 Å². The molecule has 12 heteroatoms. The molecular formula is C35H33FN4O6S.